The van der Waals surface area contributed by atoms with E-state index < -0.39 is 85.5 Å². The van der Waals surface area contributed by atoms with Crippen LogP contribution >= 0.6 is 45.2 Å². The largest absolute Gasteiger partial charge is 0.744 e. The van der Waals surface area contributed by atoms with E-state index in [1.165, 1.54) is 0 Å². The van der Waals surface area contributed by atoms with Crippen molar-refractivity contribution in [1.82, 2.24) is 0 Å². The molecule has 0 radical (unpaired) electrons. The van der Waals surface area contributed by atoms with Gasteiger partial charge in [0.2, 0.25) is 34.8 Å². The number of carbonyl (C=O) groups excluding carboxylic acids is 2. The average molecular weight is 755 g/mol. The van der Waals surface area contributed by atoms with E-state index in [0.717, 1.165) is 12.1 Å². The minimum absolute atomic E-state index is 0.0209. The zero-order valence-corrected chi connectivity index (χ0v) is 22.4. The van der Waals surface area contributed by atoms with Crippen LogP contribution in [0.1, 0.15) is 6.42 Å². The van der Waals surface area contributed by atoms with Crippen LogP contribution in [0.25, 0.3) is 0 Å². The number of halogens is 7. The molecule has 2 aromatic rings. The summed E-state index contributed by atoms with van der Waals surface area (Å²) in [6.45, 7) is 0. The van der Waals surface area contributed by atoms with Crippen LogP contribution < -0.4 is 9.47 Å². The predicted octanol–water partition coefficient (Wildman–Crippen LogP) is 4.44. The van der Waals surface area contributed by atoms with Gasteiger partial charge in [-0.1, -0.05) is 12.2 Å². The number of esters is 2. The van der Waals surface area contributed by atoms with Gasteiger partial charge in [-0.25, -0.2) is 21.6 Å². The molecule has 0 N–H and O–H groups in total. The third-order valence-electron chi connectivity index (χ3n) is 5.82. The highest BCUT2D eigenvalue weighted by Crippen LogP contribution is 2.49. The van der Waals surface area contributed by atoms with E-state index >= 15 is 0 Å². The molecule has 0 saturated heterocycles. The summed E-state index contributed by atoms with van der Waals surface area (Å²) in [6.07, 6.45) is 3.46. The first-order chi connectivity index (χ1) is 16.7. The monoisotopic (exact) mass is 755 g/mol. The highest BCUT2D eigenvalue weighted by molar-refractivity contribution is 14.1. The number of allylic oxidation sites excluding steroid dienone is 2. The van der Waals surface area contributed by atoms with Crippen LogP contribution in [-0.2, 0) is 19.7 Å². The van der Waals surface area contributed by atoms with Crippen LogP contribution in [0, 0.1) is 59.9 Å². The van der Waals surface area contributed by atoms with E-state index in [0.29, 0.717) is 0 Å². The molecule has 4 unspecified atom stereocenters. The van der Waals surface area contributed by atoms with Crippen molar-refractivity contribution in [2.45, 2.75) is 11.3 Å². The summed E-state index contributed by atoms with van der Waals surface area (Å²) in [7, 11) is -4.81. The molecule has 1 saturated carbocycles. The third-order valence-corrected chi connectivity index (χ3v) is 9.19. The average Bonchev–Trinajstić information content (AvgIpc) is 3.39. The summed E-state index contributed by atoms with van der Waals surface area (Å²) in [5, 5.41) is 0. The Hall–Kier alpha value is -1.86. The van der Waals surface area contributed by atoms with Gasteiger partial charge in [0.1, 0.15) is 15.9 Å². The molecule has 0 aliphatic heterocycles. The number of carbonyl (C=O) groups is 2. The van der Waals surface area contributed by atoms with Crippen molar-refractivity contribution in [1.29, 1.82) is 0 Å². The molecule has 192 valence electrons. The van der Waals surface area contributed by atoms with Crippen molar-refractivity contribution >= 4 is 67.2 Å². The van der Waals surface area contributed by atoms with Gasteiger partial charge >= 0.3 is 11.9 Å². The first-order valence-corrected chi connectivity index (χ1v) is 13.4. The van der Waals surface area contributed by atoms with Crippen molar-refractivity contribution < 1.29 is 54.0 Å². The number of rotatable bonds is 5. The Balaban J connectivity index is 1.61. The van der Waals surface area contributed by atoms with E-state index in [1.807, 2.05) is 0 Å². The minimum atomic E-state index is -4.81. The Morgan fingerprint density at radius 3 is 1.67 bits per heavy atom. The highest BCUT2D eigenvalue weighted by atomic mass is 127. The van der Waals surface area contributed by atoms with Gasteiger partial charge in [-0.3, -0.25) is 9.59 Å². The second kappa shape index (κ2) is 9.79. The standard InChI is InChI=1S/C21H11F5I2O7S/c22-13-14(23)16(25)18(17(26)15(13)24)35-21(30)12-7-2-1-6(3-7)11(12)20(29)34-8-4-9(27)19(10(28)5-8)36(31,32)33/h1-2,4-7,11-12H,3H2,(H,31,32,33)/p-1. The van der Waals surface area contributed by atoms with Crippen LogP contribution in [0.4, 0.5) is 22.0 Å². The number of benzene rings is 2. The van der Waals surface area contributed by atoms with Gasteiger partial charge in [-0.05, 0) is 75.6 Å². The first kappa shape index (κ1) is 27.2. The molecule has 2 aliphatic carbocycles. The van der Waals surface area contributed by atoms with E-state index in [1.54, 1.807) is 57.3 Å². The summed E-state index contributed by atoms with van der Waals surface area (Å²) >= 11 is 3.14. The molecule has 0 amide bonds. The van der Waals surface area contributed by atoms with Crippen LogP contribution in [0.2, 0.25) is 0 Å². The zero-order chi connectivity index (χ0) is 26.7. The molecule has 4 atom stereocenters. The SMILES string of the molecule is O=C(Oc1cc(I)c(S(=O)(=O)[O-])c(I)c1)C1C2C=CC(C2)C1C(=O)Oc1c(F)c(F)c(F)c(F)c1F. The number of ether oxygens (including phenoxy) is 2. The Morgan fingerprint density at radius 2 is 1.22 bits per heavy atom. The lowest BCUT2D eigenvalue weighted by Crippen LogP contribution is -2.38. The molecular formula is C21H10F5I2O7S-. The molecule has 0 heterocycles. The molecule has 2 aliphatic rings. The summed E-state index contributed by atoms with van der Waals surface area (Å²) in [4.78, 5) is 25.3. The fraction of sp³-hybridized carbons (Fsp3) is 0.238. The van der Waals surface area contributed by atoms with E-state index in [-0.39, 0.29) is 19.3 Å². The Labute approximate surface area is 227 Å². The first-order valence-electron chi connectivity index (χ1n) is 9.80. The third kappa shape index (κ3) is 4.73. The number of hydrogen-bond donors (Lipinski definition) is 0. The van der Waals surface area contributed by atoms with E-state index in [2.05, 4.69) is 4.74 Å². The zero-order valence-electron chi connectivity index (χ0n) is 17.2. The lowest BCUT2D eigenvalue weighted by Gasteiger charge is -2.25. The summed E-state index contributed by atoms with van der Waals surface area (Å²) in [6, 6.07) is 2.24. The molecule has 0 spiro atoms. The molecule has 4 rings (SSSR count). The van der Waals surface area contributed by atoms with Gasteiger partial charge in [-0.15, -0.1) is 0 Å². The summed E-state index contributed by atoms with van der Waals surface area (Å²) < 4.78 is 112. The number of hydrogen-bond acceptors (Lipinski definition) is 7. The van der Waals surface area contributed by atoms with Gasteiger partial charge in [-0.2, -0.15) is 8.78 Å². The van der Waals surface area contributed by atoms with Gasteiger partial charge in [0.25, 0.3) is 0 Å². The molecular weight excluding hydrogens is 745 g/mol. The van der Waals surface area contributed by atoms with Crippen LogP contribution in [0.5, 0.6) is 11.5 Å². The number of fused-ring (bicyclic) bond motifs is 2. The maximum atomic E-state index is 14.0. The van der Waals surface area contributed by atoms with Crippen molar-refractivity contribution in [3.8, 4) is 11.5 Å². The second-order valence-corrected chi connectivity index (χ2v) is 11.6. The Bertz CT molecular complexity index is 1390. The highest BCUT2D eigenvalue weighted by Gasteiger charge is 2.53. The molecule has 2 bridgehead atoms. The van der Waals surface area contributed by atoms with Crippen LogP contribution in [-0.4, -0.2) is 24.9 Å². The smallest absolute Gasteiger partial charge is 0.316 e. The molecule has 0 aromatic heterocycles. The lowest BCUT2D eigenvalue weighted by molar-refractivity contribution is -0.151. The normalized spacial score (nSPS) is 22.7. The van der Waals surface area contributed by atoms with Gasteiger partial charge in [0.15, 0.2) is 0 Å². The van der Waals surface area contributed by atoms with Gasteiger partial charge in [0.05, 0.1) is 16.7 Å². The summed E-state index contributed by atoms with van der Waals surface area (Å²) in [5.41, 5.74) is 0. The van der Waals surface area contributed by atoms with Crippen molar-refractivity contribution in [3.63, 3.8) is 0 Å². The van der Waals surface area contributed by atoms with Crippen LogP contribution in [0.15, 0.2) is 29.2 Å². The van der Waals surface area contributed by atoms with Gasteiger partial charge in [0, 0.05) is 7.14 Å². The molecule has 7 nitrogen and oxygen atoms in total. The molecule has 2 aromatic carbocycles. The Morgan fingerprint density at radius 1 is 0.806 bits per heavy atom. The van der Waals surface area contributed by atoms with Crippen molar-refractivity contribution in [2.75, 3.05) is 0 Å². The maximum Gasteiger partial charge on any atom is 0.316 e. The second-order valence-electron chi connectivity index (χ2n) is 7.91. The minimum Gasteiger partial charge on any atom is -0.744 e. The Kier molecular flexibility index (Phi) is 7.39. The van der Waals surface area contributed by atoms with E-state index in [4.69, 9.17) is 4.74 Å². The van der Waals surface area contributed by atoms with Crippen molar-refractivity contribution in [2.24, 2.45) is 23.7 Å². The maximum absolute atomic E-state index is 14.0. The van der Waals surface area contributed by atoms with Crippen molar-refractivity contribution in [3.05, 3.63) is 60.5 Å². The topological polar surface area (TPSA) is 110 Å². The van der Waals surface area contributed by atoms with Crippen LogP contribution in [0.3, 0.4) is 0 Å². The fourth-order valence-electron chi connectivity index (χ4n) is 4.33. The lowest BCUT2D eigenvalue weighted by atomic mass is 9.83. The molecule has 36 heavy (non-hydrogen) atoms. The van der Waals surface area contributed by atoms with Gasteiger partial charge < -0.3 is 14.0 Å². The fourth-order valence-corrected chi connectivity index (χ4v) is 8.25. The molecule has 1 fully saturated rings. The van der Waals surface area contributed by atoms with E-state index in [9.17, 15) is 44.5 Å². The summed E-state index contributed by atoms with van der Waals surface area (Å²) in [5.74, 6) is -19.8. The predicted molar refractivity (Wildman–Crippen MR) is 125 cm³/mol. The quantitative estimate of drug-likeness (QED) is 0.0649. The molecule has 15 heteroatoms.